The van der Waals surface area contributed by atoms with Gasteiger partial charge in [0.15, 0.2) is 0 Å². The summed E-state index contributed by atoms with van der Waals surface area (Å²) in [5.41, 5.74) is 0.975. The molecule has 4 nitrogen and oxygen atoms in total. The molecule has 1 fully saturated rings. The number of aryl methyl sites for hydroxylation is 1. The number of amides is 2. The second-order valence-electron chi connectivity index (χ2n) is 5.44. The summed E-state index contributed by atoms with van der Waals surface area (Å²) in [6, 6.07) is 4.55. The monoisotopic (exact) mass is 292 g/mol. The molecule has 1 aromatic rings. The maximum absolute atomic E-state index is 13.8. The van der Waals surface area contributed by atoms with E-state index in [1.165, 1.54) is 6.07 Å². The van der Waals surface area contributed by atoms with Crippen molar-refractivity contribution in [1.29, 1.82) is 0 Å². The Morgan fingerprint density at radius 1 is 1.33 bits per heavy atom. The predicted octanol–water partition coefficient (Wildman–Crippen LogP) is 2.12. The summed E-state index contributed by atoms with van der Waals surface area (Å²) in [6.45, 7) is 5.32. The average molecular weight is 292 g/mol. The molecule has 0 atom stereocenters. The van der Waals surface area contributed by atoms with Crippen molar-refractivity contribution in [2.45, 2.75) is 26.7 Å². The zero-order valence-electron chi connectivity index (χ0n) is 12.5. The van der Waals surface area contributed by atoms with E-state index in [0.717, 1.165) is 5.56 Å². The molecule has 0 spiro atoms. The minimum absolute atomic E-state index is 0.0450. The van der Waals surface area contributed by atoms with Crippen molar-refractivity contribution in [3.63, 3.8) is 0 Å². The van der Waals surface area contributed by atoms with E-state index in [-0.39, 0.29) is 23.3 Å². The highest BCUT2D eigenvalue weighted by atomic mass is 19.1. The average Bonchev–Trinajstić information content (AvgIpc) is 2.49. The number of benzene rings is 1. The van der Waals surface area contributed by atoms with Gasteiger partial charge in [0, 0.05) is 25.6 Å². The third kappa shape index (κ3) is 3.60. The van der Waals surface area contributed by atoms with Gasteiger partial charge in [-0.3, -0.25) is 9.59 Å². The lowest BCUT2D eigenvalue weighted by atomic mass is 9.95. The van der Waals surface area contributed by atoms with Gasteiger partial charge in [-0.25, -0.2) is 4.39 Å². The van der Waals surface area contributed by atoms with E-state index >= 15 is 0 Å². The van der Waals surface area contributed by atoms with Gasteiger partial charge in [-0.2, -0.15) is 0 Å². The molecule has 0 aliphatic carbocycles. The molecule has 1 N–H and O–H groups in total. The number of carbonyl (C=O) groups is 2. The van der Waals surface area contributed by atoms with Gasteiger partial charge >= 0.3 is 0 Å². The Morgan fingerprint density at radius 2 is 2.00 bits per heavy atom. The molecule has 0 bridgehead atoms. The smallest absolute Gasteiger partial charge is 0.256 e. The van der Waals surface area contributed by atoms with Crippen LogP contribution in [-0.2, 0) is 4.79 Å². The Balaban J connectivity index is 2.00. The summed E-state index contributed by atoms with van der Waals surface area (Å²) < 4.78 is 13.8. The molecule has 21 heavy (non-hydrogen) atoms. The molecular formula is C16H21FN2O2. The number of rotatable bonds is 3. The van der Waals surface area contributed by atoms with Gasteiger partial charge in [0.05, 0.1) is 5.56 Å². The number of piperidine rings is 1. The molecule has 5 heteroatoms. The van der Waals surface area contributed by atoms with Gasteiger partial charge in [0.25, 0.3) is 5.91 Å². The normalized spacial score (nSPS) is 15.9. The quantitative estimate of drug-likeness (QED) is 0.927. The summed E-state index contributed by atoms with van der Waals surface area (Å²) in [7, 11) is 0. The second-order valence-corrected chi connectivity index (χ2v) is 5.44. The number of carbonyl (C=O) groups excluding carboxylic acids is 2. The van der Waals surface area contributed by atoms with Crippen molar-refractivity contribution in [2.75, 3.05) is 19.6 Å². The zero-order valence-corrected chi connectivity index (χ0v) is 12.5. The van der Waals surface area contributed by atoms with Crippen molar-refractivity contribution in [3.8, 4) is 0 Å². The predicted molar refractivity (Wildman–Crippen MR) is 78.4 cm³/mol. The lowest BCUT2D eigenvalue weighted by Gasteiger charge is -2.31. The van der Waals surface area contributed by atoms with Crippen LogP contribution >= 0.6 is 0 Å². The molecule has 114 valence electrons. The summed E-state index contributed by atoms with van der Waals surface area (Å²) in [6.07, 6.45) is 1.26. The highest BCUT2D eigenvalue weighted by Gasteiger charge is 2.28. The molecule has 0 aromatic heterocycles. The van der Waals surface area contributed by atoms with Crippen LogP contribution in [0, 0.1) is 18.7 Å². The Bertz CT molecular complexity index is 537. The molecule has 1 aromatic carbocycles. The fourth-order valence-electron chi connectivity index (χ4n) is 2.64. The van der Waals surface area contributed by atoms with E-state index in [2.05, 4.69) is 5.32 Å². The van der Waals surface area contributed by atoms with Gasteiger partial charge in [-0.05, 0) is 38.8 Å². The summed E-state index contributed by atoms with van der Waals surface area (Å²) in [5.74, 6) is -0.773. The zero-order chi connectivity index (χ0) is 15.4. The first-order valence-corrected chi connectivity index (χ1v) is 7.36. The van der Waals surface area contributed by atoms with Gasteiger partial charge in [0.1, 0.15) is 5.82 Å². The second kappa shape index (κ2) is 6.70. The van der Waals surface area contributed by atoms with Crippen LogP contribution in [0.4, 0.5) is 4.39 Å². The Labute approximate surface area is 124 Å². The van der Waals surface area contributed by atoms with Gasteiger partial charge in [-0.15, -0.1) is 0 Å². The SMILES string of the molecule is CCNC(=O)C1CCN(C(=O)c2cc(C)ccc2F)CC1. The number of nitrogens with one attached hydrogen (secondary N) is 1. The van der Waals surface area contributed by atoms with E-state index in [1.807, 2.05) is 13.8 Å². The molecule has 2 rings (SSSR count). The molecule has 1 aliphatic rings. The molecule has 1 saturated heterocycles. The third-order valence-corrected chi connectivity index (χ3v) is 3.86. The molecule has 1 aliphatic heterocycles. The standard InChI is InChI=1S/C16H21FN2O2/c1-3-18-15(20)12-6-8-19(9-7-12)16(21)13-10-11(2)4-5-14(13)17/h4-5,10,12H,3,6-9H2,1-2H3,(H,18,20). The van der Waals surface area contributed by atoms with Crippen LogP contribution in [0.1, 0.15) is 35.7 Å². The number of hydrogen-bond donors (Lipinski definition) is 1. The lowest BCUT2D eigenvalue weighted by molar-refractivity contribution is -0.126. The Kier molecular flexibility index (Phi) is 4.94. The van der Waals surface area contributed by atoms with E-state index < -0.39 is 5.82 Å². The molecule has 1 heterocycles. The summed E-state index contributed by atoms with van der Waals surface area (Å²) in [4.78, 5) is 25.8. The van der Waals surface area contributed by atoms with Gasteiger partial charge in [0.2, 0.25) is 5.91 Å². The van der Waals surface area contributed by atoms with E-state index in [4.69, 9.17) is 0 Å². The van der Waals surface area contributed by atoms with Crippen LogP contribution in [0.25, 0.3) is 0 Å². The van der Waals surface area contributed by atoms with Gasteiger partial charge < -0.3 is 10.2 Å². The third-order valence-electron chi connectivity index (χ3n) is 3.86. The first-order chi connectivity index (χ1) is 10.0. The Morgan fingerprint density at radius 3 is 2.62 bits per heavy atom. The molecule has 0 unspecified atom stereocenters. The lowest BCUT2D eigenvalue weighted by Crippen LogP contribution is -2.43. The van der Waals surface area contributed by atoms with Crippen LogP contribution < -0.4 is 5.32 Å². The maximum atomic E-state index is 13.8. The summed E-state index contributed by atoms with van der Waals surface area (Å²) >= 11 is 0. The van der Waals surface area contributed by atoms with Crippen LogP contribution in [0.3, 0.4) is 0 Å². The van der Waals surface area contributed by atoms with E-state index in [0.29, 0.717) is 32.5 Å². The molecular weight excluding hydrogens is 271 g/mol. The maximum Gasteiger partial charge on any atom is 0.256 e. The van der Waals surface area contributed by atoms with Gasteiger partial charge in [-0.1, -0.05) is 11.6 Å². The van der Waals surface area contributed by atoms with E-state index in [9.17, 15) is 14.0 Å². The van der Waals surface area contributed by atoms with Crippen LogP contribution in [0.15, 0.2) is 18.2 Å². The highest BCUT2D eigenvalue weighted by molar-refractivity contribution is 5.95. The summed E-state index contributed by atoms with van der Waals surface area (Å²) in [5, 5.41) is 2.81. The Hall–Kier alpha value is -1.91. The first-order valence-electron chi connectivity index (χ1n) is 7.36. The minimum Gasteiger partial charge on any atom is -0.356 e. The molecule has 2 amide bonds. The van der Waals surface area contributed by atoms with Crippen molar-refractivity contribution in [1.82, 2.24) is 10.2 Å². The first kappa shape index (κ1) is 15.5. The van der Waals surface area contributed by atoms with Crippen LogP contribution in [0.2, 0.25) is 0 Å². The number of hydrogen-bond acceptors (Lipinski definition) is 2. The van der Waals surface area contributed by atoms with Crippen molar-refractivity contribution < 1.29 is 14.0 Å². The minimum atomic E-state index is -0.489. The number of halogens is 1. The fraction of sp³-hybridized carbons (Fsp3) is 0.500. The topological polar surface area (TPSA) is 49.4 Å². The number of nitrogens with zero attached hydrogens (tertiary/aromatic N) is 1. The van der Waals surface area contributed by atoms with Crippen molar-refractivity contribution in [2.24, 2.45) is 5.92 Å². The molecule has 0 radical (unpaired) electrons. The van der Waals surface area contributed by atoms with Crippen LogP contribution in [-0.4, -0.2) is 36.3 Å². The van der Waals surface area contributed by atoms with Crippen LogP contribution in [0.5, 0.6) is 0 Å². The molecule has 0 saturated carbocycles. The number of likely N-dealkylation sites (tertiary alicyclic amines) is 1. The van der Waals surface area contributed by atoms with E-state index in [1.54, 1.807) is 17.0 Å². The fourth-order valence-corrected chi connectivity index (χ4v) is 2.64. The largest absolute Gasteiger partial charge is 0.356 e. The van der Waals surface area contributed by atoms with Crippen molar-refractivity contribution >= 4 is 11.8 Å². The van der Waals surface area contributed by atoms with Crippen molar-refractivity contribution in [3.05, 3.63) is 35.1 Å². The highest BCUT2D eigenvalue weighted by Crippen LogP contribution is 2.20.